The summed E-state index contributed by atoms with van der Waals surface area (Å²) in [5.74, 6) is -2.96. The van der Waals surface area contributed by atoms with Crippen LogP contribution in [-0.2, 0) is 10.9 Å². The summed E-state index contributed by atoms with van der Waals surface area (Å²) in [5, 5.41) is 21.4. The molecule has 8 nitrogen and oxygen atoms in total. The van der Waals surface area contributed by atoms with Gasteiger partial charge in [-0.05, 0) is 23.8 Å². The van der Waals surface area contributed by atoms with Crippen LogP contribution in [0.5, 0.6) is 11.5 Å². The Morgan fingerprint density at radius 3 is 2.58 bits per heavy atom. The van der Waals surface area contributed by atoms with E-state index in [0.717, 1.165) is 24.3 Å². The predicted octanol–water partition coefficient (Wildman–Crippen LogP) is 5.99. The van der Waals surface area contributed by atoms with Crippen molar-refractivity contribution in [2.45, 2.75) is 13.1 Å². The number of rotatable bonds is 5. The highest BCUT2D eigenvalue weighted by atomic mass is 19.4. The summed E-state index contributed by atoms with van der Waals surface area (Å²) >= 11 is 0. The van der Waals surface area contributed by atoms with Gasteiger partial charge in [-0.25, -0.2) is 18.8 Å². The van der Waals surface area contributed by atoms with Gasteiger partial charge in [0.2, 0.25) is 0 Å². The van der Waals surface area contributed by atoms with Crippen LogP contribution in [0, 0.1) is 28.4 Å². The molecular weight excluding hydrogens is 537 g/mol. The number of fused-ring (bicyclic) bond motifs is 1. The maximum atomic E-state index is 15.0. The zero-order valence-electron chi connectivity index (χ0n) is 20.7. The van der Waals surface area contributed by atoms with Gasteiger partial charge < -0.3 is 24.9 Å². The van der Waals surface area contributed by atoms with Gasteiger partial charge in [-0.2, -0.15) is 18.4 Å². The maximum absolute atomic E-state index is 15.0. The summed E-state index contributed by atoms with van der Waals surface area (Å²) in [5.41, 5.74) is -1.73. The van der Waals surface area contributed by atoms with Crippen LogP contribution in [0.3, 0.4) is 0 Å². The number of nitrogens with one attached hydrogen (secondary N) is 2. The minimum atomic E-state index is -4.78. The third-order valence-electron chi connectivity index (χ3n) is 6.30. The van der Waals surface area contributed by atoms with Crippen LogP contribution in [0.2, 0.25) is 0 Å². The molecule has 4 aromatic rings. The van der Waals surface area contributed by atoms with E-state index in [1.54, 1.807) is 6.92 Å². The molecule has 2 aromatic carbocycles. The van der Waals surface area contributed by atoms with Crippen molar-refractivity contribution in [3.05, 3.63) is 71.6 Å². The van der Waals surface area contributed by atoms with Crippen LogP contribution in [0.1, 0.15) is 18.1 Å². The number of hydrogen-bond acceptors (Lipinski definition) is 7. The number of ether oxygens (including phenoxy) is 2. The van der Waals surface area contributed by atoms with Gasteiger partial charge in [0.1, 0.15) is 18.0 Å². The van der Waals surface area contributed by atoms with E-state index >= 15 is 8.78 Å². The van der Waals surface area contributed by atoms with Crippen LogP contribution in [0.4, 0.5) is 27.6 Å². The topological polar surface area (TPSA) is 116 Å². The first kappa shape index (κ1) is 26.9. The number of alkyl halides is 3. The second kappa shape index (κ2) is 10.1. The summed E-state index contributed by atoms with van der Waals surface area (Å²) in [6, 6.07) is 8.01. The number of aliphatic hydroxyl groups is 1. The molecule has 1 aliphatic heterocycles. The Morgan fingerprint density at radius 1 is 1.20 bits per heavy atom. The average molecular weight is 557 g/mol. The Morgan fingerprint density at radius 2 is 1.95 bits per heavy atom. The van der Waals surface area contributed by atoms with E-state index in [0.29, 0.717) is 0 Å². The van der Waals surface area contributed by atoms with Gasteiger partial charge in [-0.1, -0.05) is 13.0 Å². The number of nitrogens with zero attached hydrogens (tertiary/aromatic N) is 3. The van der Waals surface area contributed by atoms with Crippen LogP contribution in [0.25, 0.3) is 22.2 Å². The number of pyridine rings is 1. The molecule has 13 heteroatoms. The fourth-order valence-corrected chi connectivity index (χ4v) is 4.11. The number of anilines is 1. The average Bonchev–Trinajstić information content (AvgIpc) is 3.36. The summed E-state index contributed by atoms with van der Waals surface area (Å²) < 4.78 is 81.8. The second-order valence-electron chi connectivity index (χ2n) is 9.48. The van der Waals surface area contributed by atoms with Crippen molar-refractivity contribution in [3.8, 4) is 28.7 Å². The number of aromatic amines is 1. The molecule has 0 saturated carbocycles. The minimum absolute atomic E-state index is 0.00632. The molecule has 206 valence electrons. The first-order chi connectivity index (χ1) is 19.0. The minimum Gasteiger partial charge on any atom is -0.464 e. The Bertz CT molecular complexity index is 1650. The van der Waals surface area contributed by atoms with E-state index in [-0.39, 0.29) is 59.4 Å². The van der Waals surface area contributed by atoms with E-state index in [2.05, 4.69) is 20.3 Å². The lowest BCUT2D eigenvalue weighted by atomic mass is 9.93. The van der Waals surface area contributed by atoms with Gasteiger partial charge >= 0.3 is 6.18 Å². The van der Waals surface area contributed by atoms with Crippen LogP contribution < -0.4 is 10.1 Å². The maximum Gasteiger partial charge on any atom is 0.417 e. The van der Waals surface area contributed by atoms with E-state index in [1.165, 1.54) is 30.6 Å². The highest BCUT2D eigenvalue weighted by Crippen LogP contribution is 2.41. The van der Waals surface area contributed by atoms with E-state index < -0.39 is 40.1 Å². The first-order valence-electron chi connectivity index (χ1n) is 11.8. The highest BCUT2D eigenvalue weighted by Gasteiger charge is 2.34. The third-order valence-corrected chi connectivity index (χ3v) is 6.30. The Balaban J connectivity index is 1.48. The zero-order valence-corrected chi connectivity index (χ0v) is 20.7. The Hall–Kier alpha value is -4.70. The van der Waals surface area contributed by atoms with Crippen molar-refractivity contribution < 1.29 is 36.5 Å². The van der Waals surface area contributed by atoms with Crippen molar-refractivity contribution in [1.29, 1.82) is 5.26 Å². The van der Waals surface area contributed by atoms with Crippen molar-refractivity contribution >= 4 is 22.7 Å². The van der Waals surface area contributed by atoms with Crippen molar-refractivity contribution in [2.75, 3.05) is 25.1 Å². The molecule has 0 unspecified atom stereocenters. The SMILES string of the molecule is C[C@]1(CO)CN=C(Nc2cc(F)c(Oc3ccnc4[nH]cc(-c5ccc(C#N)c(C(F)(F)F)c5)c34)c(F)c2)OC1. The number of aliphatic hydroxyl groups excluding tert-OH is 1. The summed E-state index contributed by atoms with van der Waals surface area (Å²) in [6.07, 6.45) is -2.08. The lowest BCUT2D eigenvalue weighted by Crippen LogP contribution is -2.38. The third kappa shape index (κ3) is 5.13. The van der Waals surface area contributed by atoms with Crippen molar-refractivity contribution in [1.82, 2.24) is 9.97 Å². The van der Waals surface area contributed by atoms with Gasteiger partial charge in [0, 0.05) is 41.2 Å². The molecule has 5 rings (SSSR count). The van der Waals surface area contributed by atoms with E-state index in [9.17, 15) is 18.3 Å². The van der Waals surface area contributed by atoms with Crippen molar-refractivity contribution in [3.63, 3.8) is 0 Å². The number of halogens is 5. The van der Waals surface area contributed by atoms with Crippen LogP contribution >= 0.6 is 0 Å². The molecule has 3 heterocycles. The summed E-state index contributed by atoms with van der Waals surface area (Å²) in [4.78, 5) is 11.1. The summed E-state index contributed by atoms with van der Waals surface area (Å²) in [7, 11) is 0. The van der Waals surface area contributed by atoms with E-state index in [1.807, 2.05) is 0 Å². The number of H-pyrrole nitrogens is 1. The van der Waals surface area contributed by atoms with Gasteiger partial charge in [-0.15, -0.1) is 0 Å². The summed E-state index contributed by atoms with van der Waals surface area (Å²) in [6.45, 7) is 2.04. The second-order valence-corrected chi connectivity index (χ2v) is 9.48. The zero-order chi connectivity index (χ0) is 28.7. The lowest BCUT2D eigenvalue weighted by Gasteiger charge is -2.30. The molecule has 40 heavy (non-hydrogen) atoms. The number of aromatic nitrogens is 2. The molecule has 0 saturated heterocycles. The quantitative estimate of drug-likeness (QED) is 0.260. The smallest absolute Gasteiger partial charge is 0.417 e. The van der Waals surface area contributed by atoms with Crippen molar-refractivity contribution in [2.24, 2.45) is 10.4 Å². The monoisotopic (exact) mass is 557 g/mol. The molecule has 0 bridgehead atoms. The normalized spacial score (nSPS) is 17.2. The number of benzene rings is 2. The molecule has 0 aliphatic carbocycles. The standard InChI is InChI=1S/C27H20F5N5O3/c1-26(12-38)11-36-25(39-13-26)37-16-7-19(28)23(20(29)8-16)40-21-4-5-34-24-22(21)17(10-35-24)14-2-3-15(9-33)18(6-14)27(30,31)32/h2-8,10,38H,11-13H2,1H3,(H,34,35)(H,36,37)/t26-/m1/s1. The molecule has 3 N–H and O–H groups in total. The number of hydrogen-bond donors (Lipinski definition) is 3. The van der Waals surface area contributed by atoms with Crippen LogP contribution in [0.15, 0.2) is 53.8 Å². The van der Waals surface area contributed by atoms with E-state index in [4.69, 9.17) is 14.7 Å². The fraction of sp³-hybridized carbons (Fsp3) is 0.222. The Kier molecular flexibility index (Phi) is 6.80. The molecular formula is C27H20F5N5O3. The number of amidine groups is 1. The fourth-order valence-electron chi connectivity index (χ4n) is 4.11. The van der Waals surface area contributed by atoms with Gasteiger partial charge in [-0.3, -0.25) is 0 Å². The van der Waals surface area contributed by atoms with Crippen LogP contribution in [-0.4, -0.2) is 40.9 Å². The molecule has 2 aromatic heterocycles. The molecule has 0 radical (unpaired) electrons. The number of aliphatic imine (C=N–C) groups is 1. The predicted molar refractivity (Wildman–Crippen MR) is 135 cm³/mol. The lowest BCUT2D eigenvalue weighted by molar-refractivity contribution is -0.137. The van der Waals surface area contributed by atoms with Gasteiger partial charge in [0.15, 0.2) is 17.4 Å². The Labute approximate surface area is 223 Å². The molecule has 0 fully saturated rings. The van der Waals surface area contributed by atoms with Gasteiger partial charge in [0.05, 0.1) is 35.7 Å². The van der Waals surface area contributed by atoms with Gasteiger partial charge in [0.25, 0.3) is 6.02 Å². The molecule has 0 amide bonds. The number of nitriles is 1. The first-order valence-corrected chi connectivity index (χ1v) is 11.8. The molecule has 0 spiro atoms. The molecule has 1 aliphatic rings. The highest BCUT2D eigenvalue weighted by molar-refractivity contribution is 5.98. The molecule has 1 atom stereocenters. The largest absolute Gasteiger partial charge is 0.464 e.